The summed E-state index contributed by atoms with van der Waals surface area (Å²) in [7, 11) is 0. The minimum atomic E-state index is -0.435. The molecule has 0 unspecified atom stereocenters. The number of ether oxygens (including phenoxy) is 1. The van der Waals surface area contributed by atoms with Crippen molar-refractivity contribution in [1.82, 2.24) is 4.57 Å². The molecule has 0 spiro atoms. The number of hydrogen-bond acceptors (Lipinski definition) is 4. The van der Waals surface area contributed by atoms with Crippen LogP contribution in [-0.2, 0) is 4.79 Å². The summed E-state index contributed by atoms with van der Waals surface area (Å²) in [5, 5.41) is 0.649. The van der Waals surface area contributed by atoms with Gasteiger partial charge in [-0.05, 0) is 18.2 Å². The first-order valence-electron chi connectivity index (χ1n) is 5.09. The smallest absolute Gasteiger partial charge is 0.308 e. The van der Waals surface area contributed by atoms with Crippen molar-refractivity contribution in [2.45, 2.75) is 13.8 Å². The summed E-state index contributed by atoms with van der Waals surface area (Å²) < 4.78 is 6.47. The molecule has 0 bridgehead atoms. The van der Waals surface area contributed by atoms with Crippen molar-refractivity contribution in [3.8, 4) is 5.75 Å². The van der Waals surface area contributed by atoms with Crippen LogP contribution < -0.4 is 10.5 Å². The van der Waals surface area contributed by atoms with E-state index in [9.17, 15) is 9.59 Å². The van der Waals surface area contributed by atoms with Gasteiger partial charge in [-0.15, -0.1) is 0 Å². The Morgan fingerprint density at radius 2 is 2.00 bits per heavy atom. The average Bonchev–Trinajstić information content (AvgIpc) is 2.56. The maximum Gasteiger partial charge on any atom is 0.308 e. The SMILES string of the molecule is CC(=O)Oc1cn(C(C)=O)c2ccc(N)cc12. The number of fused-ring (bicyclic) bond motifs is 1. The Labute approximate surface area is 97.8 Å². The topological polar surface area (TPSA) is 74.3 Å². The third-order valence-electron chi connectivity index (χ3n) is 2.38. The van der Waals surface area contributed by atoms with Crippen molar-refractivity contribution >= 4 is 28.5 Å². The van der Waals surface area contributed by atoms with Crippen LogP contribution in [0.3, 0.4) is 0 Å². The third-order valence-corrected chi connectivity index (χ3v) is 2.38. The quantitative estimate of drug-likeness (QED) is 0.601. The van der Waals surface area contributed by atoms with Gasteiger partial charge in [0.15, 0.2) is 5.75 Å². The number of nitrogens with zero attached hydrogens (tertiary/aromatic N) is 1. The van der Waals surface area contributed by atoms with Crippen molar-refractivity contribution < 1.29 is 14.3 Å². The lowest BCUT2D eigenvalue weighted by Gasteiger charge is -1.99. The number of anilines is 1. The van der Waals surface area contributed by atoms with Crippen LogP contribution in [-0.4, -0.2) is 16.4 Å². The zero-order valence-corrected chi connectivity index (χ0v) is 9.56. The number of hydrogen-bond donors (Lipinski definition) is 1. The van der Waals surface area contributed by atoms with Gasteiger partial charge in [0.1, 0.15) is 0 Å². The average molecular weight is 232 g/mol. The highest BCUT2D eigenvalue weighted by atomic mass is 16.5. The summed E-state index contributed by atoms with van der Waals surface area (Å²) >= 11 is 0. The van der Waals surface area contributed by atoms with E-state index in [0.717, 1.165) is 0 Å². The van der Waals surface area contributed by atoms with Crippen molar-refractivity contribution in [2.24, 2.45) is 0 Å². The van der Waals surface area contributed by atoms with Gasteiger partial charge in [0, 0.05) is 24.9 Å². The minimum Gasteiger partial charge on any atom is -0.424 e. The molecular formula is C12H12N2O3. The monoisotopic (exact) mass is 232 g/mol. The predicted octanol–water partition coefficient (Wildman–Crippen LogP) is 1.81. The summed E-state index contributed by atoms with van der Waals surface area (Å²) in [5.41, 5.74) is 6.89. The molecule has 0 aliphatic carbocycles. The molecule has 0 amide bonds. The van der Waals surface area contributed by atoms with Gasteiger partial charge < -0.3 is 10.5 Å². The molecule has 2 rings (SSSR count). The number of aromatic nitrogens is 1. The van der Waals surface area contributed by atoms with Crippen molar-refractivity contribution in [3.63, 3.8) is 0 Å². The molecular weight excluding hydrogens is 220 g/mol. The van der Waals surface area contributed by atoms with Crippen LogP contribution in [0.15, 0.2) is 24.4 Å². The maximum absolute atomic E-state index is 11.4. The van der Waals surface area contributed by atoms with E-state index in [1.54, 1.807) is 18.2 Å². The second kappa shape index (κ2) is 3.93. The lowest BCUT2D eigenvalue weighted by atomic mass is 10.2. The Kier molecular flexibility index (Phi) is 2.59. The van der Waals surface area contributed by atoms with Crippen LogP contribution in [0, 0.1) is 0 Å². The van der Waals surface area contributed by atoms with E-state index < -0.39 is 5.97 Å². The summed E-state index contributed by atoms with van der Waals surface area (Å²) in [6.07, 6.45) is 1.49. The molecule has 0 radical (unpaired) electrons. The van der Waals surface area contributed by atoms with Crippen LogP contribution in [0.25, 0.3) is 10.9 Å². The van der Waals surface area contributed by atoms with Crippen LogP contribution in [0.1, 0.15) is 18.6 Å². The number of carbonyl (C=O) groups excluding carboxylic acids is 2. The van der Waals surface area contributed by atoms with E-state index in [1.807, 2.05) is 0 Å². The molecule has 2 aromatic rings. The van der Waals surface area contributed by atoms with Gasteiger partial charge in [-0.3, -0.25) is 14.2 Å². The minimum absolute atomic E-state index is 0.154. The molecule has 88 valence electrons. The van der Waals surface area contributed by atoms with Gasteiger partial charge in [-0.2, -0.15) is 0 Å². The molecule has 2 N–H and O–H groups in total. The molecule has 0 saturated heterocycles. The number of benzene rings is 1. The number of rotatable bonds is 1. The molecule has 0 fully saturated rings. The van der Waals surface area contributed by atoms with Gasteiger partial charge in [0.25, 0.3) is 0 Å². The zero-order valence-electron chi connectivity index (χ0n) is 9.56. The summed E-state index contributed by atoms with van der Waals surface area (Å²) in [4.78, 5) is 22.4. The fourth-order valence-electron chi connectivity index (χ4n) is 1.71. The first-order chi connectivity index (χ1) is 7.99. The highest BCUT2D eigenvalue weighted by Crippen LogP contribution is 2.29. The lowest BCUT2D eigenvalue weighted by molar-refractivity contribution is -0.131. The normalized spacial score (nSPS) is 10.5. The fraction of sp³-hybridized carbons (Fsp3) is 0.167. The number of nitrogens with two attached hydrogens (primary N) is 1. The third kappa shape index (κ3) is 1.99. The highest BCUT2D eigenvalue weighted by molar-refractivity contribution is 5.97. The predicted molar refractivity (Wildman–Crippen MR) is 64.0 cm³/mol. The number of carbonyl (C=O) groups is 2. The van der Waals surface area contributed by atoms with Crippen LogP contribution >= 0.6 is 0 Å². The Morgan fingerprint density at radius 3 is 2.59 bits per heavy atom. The zero-order chi connectivity index (χ0) is 12.6. The van der Waals surface area contributed by atoms with Crippen LogP contribution in [0.2, 0.25) is 0 Å². The molecule has 0 atom stereocenters. The Hall–Kier alpha value is -2.30. The summed E-state index contributed by atoms with van der Waals surface area (Å²) in [6.45, 7) is 2.75. The summed E-state index contributed by atoms with van der Waals surface area (Å²) in [5.74, 6) is -0.247. The van der Waals surface area contributed by atoms with E-state index in [-0.39, 0.29) is 5.91 Å². The van der Waals surface area contributed by atoms with Crippen molar-refractivity contribution in [3.05, 3.63) is 24.4 Å². The number of esters is 1. The molecule has 5 nitrogen and oxygen atoms in total. The first kappa shape index (κ1) is 11.2. The second-order valence-corrected chi connectivity index (χ2v) is 3.75. The highest BCUT2D eigenvalue weighted by Gasteiger charge is 2.13. The molecule has 17 heavy (non-hydrogen) atoms. The Bertz CT molecular complexity index is 613. The van der Waals surface area contributed by atoms with Gasteiger partial charge >= 0.3 is 5.97 Å². The van der Waals surface area contributed by atoms with Crippen molar-refractivity contribution in [2.75, 3.05) is 5.73 Å². The van der Waals surface area contributed by atoms with Gasteiger partial charge in [0.2, 0.25) is 5.91 Å². The Morgan fingerprint density at radius 1 is 1.29 bits per heavy atom. The van der Waals surface area contributed by atoms with E-state index in [1.165, 1.54) is 24.6 Å². The second-order valence-electron chi connectivity index (χ2n) is 3.75. The van der Waals surface area contributed by atoms with Crippen molar-refractivity contribution in [1.29, 1.82) is 0 Å². The molecule has 5 heteroatoms. The van der Waals surface area contributed by atoms with E-state index in [2.05, 4.69) is 0 Å². The van der Waals surface area contributed by atoms with Crippen LogP contribution in [0.4, 0.5) is 5.69 Å². The molecule has 0 aliphatic heterocycles. The molecule has 0 aliphatic rings. The van der Waals surface area contributed by atoms with Gasteiger partial charge in [-0.25, -0.2) is 0 Å². The largest absolute Gasteiger partial charge is 0.424 e. The van der Waals surface area contributed by atoms with Crippen LogP contribution in [0.5, 0.6) is 5.75 Å². The Balaban J connectivity index is 2.70. The van der Waals surface area contributed by atoms with E-state index in [0.29, 0.717) is 22.3 Å². The molecule has 1 heterocycles. The van der Waals surface area contributed by atoms with Gasteiger partial charge in [0.05, 0.1) is 11.7 Å². The standard InChI is InChI=1S/C12H12N2O3/c1-7(15)14-6-12(17-8(2)16)10-5-9(13)3-4-11(10)14/h3-6H,13H2,1-2H3. The van der Waals surface area contributed by atoms with E-state index >= 15 is 0 Å². The number of nitrogen functional groups attached to an aromatic ring is 1. The molecule has 1 aromatic heterocycles. The van der Waals surface area contributed by atoms with Gasteiger partial charge in [-0.1, -0.05) is 0 Å². The fourth-order valence-corrected chi connectivity index (χ4v) is 1.71. The lowest BCUT2D eigenvalue weighted by Crippen LogP contribution is -2.03. The molecule has 0 saturated carbocycles. The summed E-state index contributed by atoms with van der Waals surface area (Å²) in [6, 6.07) is 5.09. The first-order valence-corrected chi connectivity index (χ1v) is 5.09. The maximum atomic E-state index is 11.4. The van der Waals surface area contributed by atoms with E-state index in [4.69, 9.17) is 10.5 Å². The molecule has 1 aromatic carbocycles.